The zero-order valence-corrected chi connectivity index (χ0v) is 7.13. The zero-order valence-electron chi connectivity index (χ0n) is 7.13. The number of hydrogen-bond donors (Lipinski definition) is 1. The van der Waals surface area contributed by atoms with Gasteiger partial charge < -0.3 is 4.74 Å². The van der Waals surface area contributed by atoms with Gasteiger partial charge in [0.05, 0.1) is 6.61 Å². The normalized spacial score (nSPS) is 10.5. The lowest BCUT2D eigenvalue weighted by atomic mass is 10.3. The predicted octanol–water partition coefficient (Wildman–Crippen LogP) is 1.37. The number of carbonyl (C=O) groups excluding carboxylic acids is 1. The Balaban J connectivity index is 3.45. The molecule has 0 aromatic carbocycles. The number of amides is 1. The molecule has 1 amide bonds. The summed E-state index contributed by atoms with van der Waals surface area (Å²) >= 11 is 0. The van der Waals surface area contributed by atoms with Crippen LogP contribution in [0.25, 0.3) is 0 Å². The monoisotopic (exact) mass is 158 g/mol. The van der Waals surface area contributed by atoms with Crippen LogP contribution in [0.5, 0.6) is 0 Å². The molecule has 0 bridgehead atoms. The van der Waals surface area contributed by atoms with Gasteiger partial charge in [0.15, 0.2) is 0 Å². The first-order chi connectivity index (χ1) is 5.16. The molecule has 4 nitrogen and oxygen atoms in total. The fourth-order valence-electron chi connectivity index (χ4n) is 0.402. The third-order valence-electron chi connectivity index (χ3n) is 0.804. The standard InChI is InChI=1S/C7H14N2O2/c1-4-11-7(10)9-8-5-6(2)3/h5-6H,4H2,1-3H3,(H,9,10)/b8-5+. The van der Waals surface area contributed by atoms with E-state index in [-0.39, 0.29) is 0 Å². The molecule has 0 radical (unpaired) electrons. The highest BCUT2D eigenvalue weighted by molar-refractivity contribution is 5.69. The molecule has 0 unspecified atom stereocenters. The van der Waals surface area contributed by atoms with Crippen LogP contribution in [-0.2, 0) is 4.74 Å². The Morgan fingerprint density at radius 2 is 2.36 bits per heavy atom. The van der Waals surface area contributed by atoms with Gasteiger partial charge in [0.2, 0.25) is 0 Å². The third-order valence-corrected chi connectivity index (χ3v) is 0.804. The zero-order chi connectivity index (χ0) is 8.69. The topological polar surface area (TPSA) is 50.7 Å². The largest absolute Gasteiger partial charge is 0.449 e. The molecular formula is C7H14N2O2. The number of carbonyl (C=O) groups is 1. The van der Waals surface area contributed by atoms with Gasteiger partial charge in [-0.3, -0.25) is 0 Å². The highest BCUT2D eigenvalue weighted by Crippen LogP contribution is 1.83. The molecule has 0 rings (SSSR count). The highest BCUT2D eigenvalue weighted by atomic mass is 16.5. The van der Waals surface area contributed by atoms with Crippen molar-refractivity contribution >= 4 is 12.3 Å². The van der Waals surface area contributed by atoms with Crippen LogP contribution in [0.1, 0.15) is 20.8 Å². The lowest BCUT2D eigenvalue weighted by molar-refractivity contribution is 0.152. The molecule has 0 spiro atoms. The van der Waals surface area contributed by atoms with Gasteiger partial charge in [-0.1, -0.05) is 13.8 Å². The van der Waals surface area contributed by atoms with Crippen LogP contribution in [0.4, 0.5) is 4.79 Å². The molecule has 0 aromatic heterocycles. The Bertz CT molecular complexity index is 143. The fourth-order valence-corrected chi connectivity index (χ4v) is 0.402. The molecule has 0 saturated heterocycles. The predicted molar refractivity (Wildman–Crippen MR) is 43.5 cm³/mol. The van der Waals surface area contributed by atoms with Crippen LogP contribution in [0.2, 0.25) is 0 Å². The van der Waals surface area contributed by atoms with Gasteiger partial charge in [-0.05, 0) is 12.8 Å². The van der Waals surface area contributed by atoms with E-state index in [2.05, 4.69) is 15.3 Å². The van der Waals surface area contributed by atoms with Crippen molar-refractivity contribution < 1.29 is 9.53 Å². The Labute approximate surface area is 66.6 Å². The highest BCUT2D eigenvalue weighted by Gasteiger charge is 1.94. The molecule has 0 atom stereocenters. The Hall–Kier alpha value is -1.06. The second kappa shape index (κ2) is 5.70. The van der Waals surface area contributed by atoms with Crippen molar-refractivity contribution in [2.45, 2.75) is 20.8 Å². The smallest absolute Gasteiger partial charge is 0.427 e. The van der Waals surface area contributed by atoms with E-state index in [1.807, 2.05) is 13.8 Å². The summed E-state index contributed by atoms with van der Waals surface area (Å²) in [5.74, 6) is 0.330. The molecule has 0 aliphatic heterocycles. The van der Waals surface area contributed by atoms with Crippen molar-refractivity contribution in [2.75, 3.05) is 6.61 Å². The lowest BCUT2D eigenvalue weighted by Crippen LogP contribution is -2.18. The van der Waals surface area contributed by atoms with Crippen molar-refractivity contribution in [2.24, 2.45) is 11.0 Å². The van der Waals surface area contributed by atoms with E-state index >= 15 is 0 Å². The maximum absolute atomic E-state index is 10.6. The fraction of sp³-hybridized carbons (Fsp3) is 0.714. The first-order valence-corrected chi connectivity index (χ1v) is 3.62. The van der Waals surface area contributed by atoms with E-state index in [0.717, 1.165) is 0 Å². The maximum atomic E-state index is 10.6. The van der Waals surface area contributed by atoms with Crippen LogP contribution in [0.15, 0.2) is 5.10 Å². The molecule has 0 heterocycles. The summed E-state index contributed by atoms with van der Waals surface area (Å²) in [6, 6.07) is 0. The van der Waals surface area contributed by atoms with Gasteiger partial charge in [-0.15, -0.1) is 0 Å². The van der Waals surface area contributed by atoms with E-state index in [4.69, 9.17) is 0 Å². The molecule has 0 aliphatic rings. The lowest BCUT2D eigenvalue weighted by Gasteiger charge is -1.98. The minimum atomic E-state index is -0.510. The van der Waals surface area contributed by atoms with Crippen LogP contribution in [0.3, 0.4) is 0 Å². The van der Waals surface area contributed by atoms with Crippen molar-refractivity contribution in [1.29, 1.82) is 0 Å². The van der Waals surface area contributed by atoms with Gasteiger partial charge in [-0.25, -0.2) is 10.2 Å². The molecule has 0 fully saturated rings. The summed E-state index contributed by atoms with van der Waals surface area (Å²) in [6.07, 6.45) is 1.13. The van der Waals surface area contributed by atoms with Crippen molar-refractivity contribution in [3.63, 3.8) is 0 Å². The molecular weight excluding hydrogens is 144 g/mol. The SMILES string of the molecule is CCOC(=O)N/N=C/C(C)C. The Kier molecular flexibility index (Phi) is 5.15. The number of nitrogens with zero attached hydrogens (tertiary/aromatic N) is 1. The third kappa shape index (κ3) is 6.83. The van der Waals surface area contributed by atoms with Gasteiger partial charge in [0.25, 0.3) is 0 Å². The summed E-state index contributed by atoms with van der Waals surface area (Å²) in [4.78, 5) is 10.6. The van der Waals surface area contributed by atoms with Gasteiger partial charge in [0, 0.05) is 6.21 Å². The summed E-state index contributed by atoms with van der Waals surface area (Å²) in [5.41, 5.74) is 2.22. The van der Waals surface area contributed by atoms with Crippen LogP contribution in [0, 0.1) is 5.92 Å². The maximum Gasteiger partial charge on any atom is 0.427 e. The van der Waals surface area contributed by atoms with Gasteiger partial charge in [-0.2, -0.15) is 5.10 Å². The molecule has 1 N–H and O–H groups in total. The molecule has 11 heavy (non-hydrogen) atoms. The van der Waals surface area contributed by atoms with Crippen molar-refractivity contribution in [3.05, 3.63) is 0 Å². The number of rotatable bonds is 3. The second-order valence-corrected chi connectivity index (χ2v) is 2.35. The molecule has 0 saturated carbocycles. The minimum absolute atomic E-state index is 0.330. The minimum Gasteiger partial charge on any atom is -0.449 e. The first-order valence-electron chi connectivity index (χ1n) is 3.62. The molecule has 64 valence electrons. The summed E-state index contributed by atoms with van der Waals surface area (Å²) in [6.45, 7) is 6.04. The van der Waals surface area contributed by atoms with E-state index in [1.165, 1.54) is 0 Å². The van der Waals surface area contributed by atoms with Gasteiger partial charge >= 0.3 is 6.09 Å². The Morgan fingerprint density at radius 3 is 2.82 bits per heavy atom. The van der Waals surface area contributed by atoms with Crippen molar-refractivity contribution in [3.8, 4) is 0 Å². The van der Waals surface area contributed by atoms with E-state index in [9.17, 15) is 4.79 Å². The second-order valence-electron chi connectivity index (χ2n) is 2.35. The van der Waals surface area contributed by atoms with E-state index < -0.39 is 6.09 Å². The van der Waals surface area contributed by atoms with Crippen LogP contribution < -0.4 is 5.43 Å². The van der Waals surface area contributed by atoms with E-state index in [0.29, 0.717) is 12.5 Å². The molecule has 0 aliphatic carbocycles. The molecule has 0 aromatic rings. The quantitative estimate of drug-likeness (QED) is 0.498. The first kappa shape index (κ1) is 9.94. The average molecular weight is 158 g/mol. The number of ether oxygens (including phenoxy) is 1. The number of hydrazone groups is 1. The molecule has 4 heteroatoms. The van der Waals surface area contributed by atoms with Crippen LogP contribution >= 0.6 is 0 Å². The average Bonchev–Trinajstić information content (AvgIpc) is 1.87. The number of hydrogen-bond acceptors (Lipinski definition) is 3. The summed E-state index contributed by atoms with van der Waals surface area (Å²) in [5, 5.41) is 3.64. The summed E-state index contributed by atoms with van der Waals surface area (Å²) < 4.78 is 4.56. The van der Waals surface area contributed by atoms with Gasteiger partial charge in [0.1, 0.15) is 0 Å². The summed E-state index contributed by atoms with van der Waals surface area (Å²) in [7, 11) is 0. The Morgan fingerprint density at radius 1 is 1.73 bits per heavy atom. The van der Waals surface area contributed by atoms with Crippen LogP contribution in [-0.4, -0.2) is 18.9 Å². The van der Waals surface area contributed by atoms with Crippen molar-refractivity contribution in [1.82, 2.24) is 5.43 Å². The number of nitrogens with one attached hydrogen (secondary N) is 1. The van der Waals surface area contributed by atoms with E-state index in [1.54, 1.807) is 13.1 Å².